The maximum absolute atomic E-state index is 13.8. The van der Waals surface area contributed by atoms with Crippen molar-refractivity contribution in [2.45, 2.75) is 25.1 Å². The molecule has 2 aromatic rings. The quantitative estimate of drug-likeness (QED) is 0.373. The van der Waals surface area contributed by atoms with Gasteiger partial charge in [0.05, 0.1) is 12.2 Å². The van der Waals surface area contributed by atoms with E-state index in [2.05, 4.69) is 10.6 Å². The summed E-state index contributed by atoms with van der Waals surface area (Å²) in [6.07, 6.45) is -3.79. The van der Waals surface area contributed by atoms with E-state index in [1.807, 2.05) is 4.90 Å². The smallest absolute Gasteiger partial charge is 0.383 e. The minimum absolute atomic E-state index is 0.192. The van der Waals surface area contributed by atoms with Gasteiger partial charge in [0.2, 0.25) is 5.91 Å². The number of methoxy groups -OCH3 is 1. The Kier molecular flexibility index (Phi) is 10.6. The highest BCUT2D eigenvalue weighted by molar-refractivity contribution is 6.35. The van der Waals surface area contributed by atoms with Gasteiger partial charge in [0.1, 0.15) is 6.04 Å². The fourth-order valence-electron chi connectivity index (χ4n) is 5.18. The number of rotatable bonds is 11. The third-order valence-electron chi connectivity index (χ3n) is 7.37. The number of ether oxygens (including phenoxy) is 1. The van der Waals surface area contributed by atoms with Gasteiger partial charge in [0, 0.05) is 75.1 Å². The maximum Gasteiger partial charge on any atom is 0.416 e. The van der Waals surface area contributed by atoms with Gasteiger partial charge in [0.25, 0.3) is 0 Å². The van der Waals surface area contributed by atoms with Gasteiger partial charge in [-0.1, -0.05) is 29.3 Å². The van der Waals surface area contributed by atoms with Gasteiger partial charge in [-0.2, -0.15) is 13.2 Å². The number of halogens is 5. The number of hydrogen-bond acceptors (Lipinski definition) is 5. The molecule has 4 rings (SSSR count). The number of anilines is 1. The zero-order valence-corrected chi connectivity index (χ0v) is 24.3. The zero-order valence-electron chi connectivity index (χ0n) is 22.8. The second kappa shape index (κ2) is 14.0. The van der Waals surface area contributed by atoms with Crippen molar-refractivity contribution < 1.29 is 27.5 Å². The van der Waals surface area contributed by atoms with Gasteiger partial charge in [-0.05, 0) is 54.4 Å². The third kappa shape index (κ3) is 7.97. The molecule has 0 aliphatic carbocycles. The van der Waals surface area contributed by atoms with Crippen molar-refractivity contribution in [1.82, 2.24) is 20.4 Å². The summed E-state index contributed by atoms with van der Waals surface area (Å²) in [7, 11) is 1.59. The summed E-state index contributed by atoms with van der Waals surface area (Å²) >= 11 is 12.4. The van der Waals surface area contributed by atoms with Crippen molar-refractivity contribution in [3.05, 3.63) is 63.1 Å². The lowest BCUT2D eigenvalue weighted by Crippen LogP contribution is -2.56. The first kappa shape index (κ1) is 31.2. The summed E-state index contributed by atoms with van der Waals surface area (Å²) in [5.41, 5.74) is 1.34. The third-order valence-corrected chi connectivity index (χ3v) is 7.96. The lowest BCUT2D eigenvalue weighted by Gasteiger charge is -2.39. The van der Waals surface area contributed by atoms with E-state index in [1.54, 1.807) is 30.2 Å². The van der Waals surface area contributed by atoms with E-state index < -0.39 is 17.8 Å². The van der Waals surface area contributed by atoms with Crippen LogP contribution in [0, 0.1) is 0 Å². The van der Waals surface area contributed by atoms with Gasteiger partial charge >= 0.3 is 12.2 Å². The average molecular weight is 617 g/mol. The Morgan fingerprint density at radius 2 is 1.80 bits per heavy atom. The predicted octanol–water partition coefficient (Wildman–Crippen LogP) is 4.08. The minimum atomic E-state index is -4.44. The highest BCUT2D eigenvalue weighted by Crippen LogP contribution is 2.34. The average Bonchev–Trinajstić information content (AvgIpc) is 3.37. The molecule has 2 aliphatic heterocycles. The van der Waals surface area contributed by atoms with Gasteiger partial charge in [0.15, 0.2) is 0 Å². The van der Waals surface area contributed by atoms with Gasteiger partial charge in [-0.15, -0.1) is 0 Å². The number of hydrogen-bond donors (Lipinski definition) is 2. The molecular weight excluding hydrogens is 582 g/mol. The first-order chi connectivity index (χ1) is 19.6. The molecular formula is C28H34Cl2F3N5O3. The van der Waals surface area contributed by atoms with E-state index in [-0.39, 0.29) is 18.4 Å². The molecule has 2 N–H and O–H groups in total. The summed E-state index contributed by atoms with van der Waals surface area (Å²) in [5.74, 6) is -0.192. The Hall–Kier alpha value is -2.73. The molecule has 3 amide bonds. The van der Waals surface area contributed by atoms with Crippen LogP contribution < -0.4 is 15.5 Å². The Labute approximate surface area is 247 Å². The summed E-state index contributed by atoms with van der Waals surface area (Å²) in [6, 6.07) is 7.84. The number of nitrogens with zero attached hydrogens (tertiary/aromatic N) is 3. The second-order valence-electron chi connectivity index (χ2n) is 10.0. The number of alkyl halides is 3. The molecule has 2 fully saturated rings. The predicted molar refractivity (Wildman–Crippen MR) is 153 cm³/mol. The molecule has 0 bridgehead atoms. The van der Waals surface area contributed by atoms with Crippen LogP contribution in [-0.2, 0) is 28.5 Å². The monoisotopic (exact) mass is 615 g/mol. The molecule has 2 heterocycles. The highest BCUT2D eigenvalue weighted by atomic mass is 35.5. The van der Waals surface area contributed by atoms with Crippen LogP contribution in [0.3, 0.4) is 0 Å². The number of carbonyl (C=O) groups is 2. The summed E-state index contributed by atoms with van der Waals surface area (Å²) < 4.78 is 45.4. The lowest BCUT2D eigenvalue weighted by atomic mass is 10.0. The van der Waals surface area contributed by atoms with Gasteiger partial charge in [-0.25, -0.2) is 4.79 Å². The molecule has 13 heteroatoms. The van der Waals surface area contributed by atoms with Crippen molar-refractivity contribution in [2.75, 3.05) is 71.0 Å². The van der Waals surface area contributed by atoms with E-state index >= 15 is 0 Å². The fraction of sp³-hybridized carbons (Fsp3) is 0.500. The van der Waals surface area contributed by atoms with E-state index in [0.29, 0.717) is 86.6 Å². The Bertz CT molecular complexity index is 1220. The topological polar surface area (TPSA) is 77.2 Å². The number of urea groups is 1. The number of carbonyl (C=O) groups excluding carboxylic acids is 2. The highest BCUT2D eigenvalue weighted by Gasteiger charge is 2.37. The van der Waals surface area contributed by atoms with Crippen molar-refractivity contribution >= 4 is 40.8 Å². The molecule has 41 heavy (non-hydrogen) atoms. The molecule has 0 spiro atoms. The van der Waals surface area contributed by atoms with Gasteiger partial charge < -0.3 is 30.1 Å². The molecule has 0 saturated carbocycles. The van der Waals surface area contributed by atoms with Crippen LogP contribution in [0.1, 0.15) is 16.7 Å². The lowest BCUT2D eigenvalue weighted by molar-refractivity contribution is -0.138. The number of piperazine rings is 1. The minimum Gasteiger partial charge on any atom is -0.383 e. The fourth-order valence-corrected chi connectivity index (χ4v) is 5.67. The van der Waals surface area contributed by atoms with Crippen molar-refractivity contribution in [2.24, 2.45) is 0 Å². The van der Waals surface area contributed by atoms with Crippen LogP contribution in [0.25, 0.3) is 0 Å². The first-order valence-electron chi connectivity index (χ1n) is 13.5. The summed E-state index contributed by atoms with van der Waals surface area (Å²) in [6.45, 7) is 4.08. The Morgan fingerprint density at radius 3 is 2.44 bits per heavy atom. The Morgan fingerprint density at radius 1 is 1.05 bits per heavy atom. The summed E-state index contributed by atoms with van der Waals surface area (Å²) in [5, 5.41) is 6.84. The van der Waals surface area contributed by atoms with Crippen LogP contribution in [0.2, 0.25) is 10.0 Å². The van der Waals surface area contributed by atoms with Gasteiger partial charge in [-0.3, -0.25) is 4.79 Å². The van der Waals surface area contributed by atoms with Crippen LogP contribution in [-0.4, -0.2) is 93.9 Å². The van der Waals surface area contributed by atoms with Crippen molar-refractivity contribution in [1.29, 1.82) is 0 Å². The maximum atomic E-state index is 13.8. The number of amides is 3. The molecule has 2 aliphatic rings. The molecule has 1 atom stereocenters. The second-order valence-corrected chi connectivity index (χ2v) is 10.9. The molecule has 0 radical (unpaired) electrons. The van der Waals surface area contributed by atoms with Crippen LogP contribution in [0.4, 0.5) is 23.7 Å². The largest absolute Gasteiger partial charge is 0.416 e. The first-order valence-corrected chi connectivity index (χ1v) is 14.3. The molecule has 0 aromatic heterocycles. The van der Waals surface area contributed by atoms with Crippen molar-refractivity contribution in [3.8, 4) is 0 Å². The SMILES string of the molecule is COCCNCCc1cc(C(F)(F)F)ccc1N1CCN(C(=O)C(Cc2ccc(Cl)cc2Cl)N2CCNC2=O)CC1. The van der Waals surface area contributed by atoms with E-state index in [9.17, 15) is 22.8 Å². The van der Waals surface area contributed by atoms with E-state index in [0.717, 1.165) is 11.8 Å². The van der Waals surface area contributed by atoms with Crippen LogP contribution >= 0.6 is 23.2 Å². The normalized spacial score (nSPS) is 16.7. The molecule has 2 aromatic carbocycles. The van der Waals surface area contributed by atoms with E-state index in [1.165, 1.54) is 17.0 Å². The molecule has 1 unspecified atom stereocenters. The molecule has 8 nitrogen and oxygen atoms in total. The summed E-state index contributed by atoms with van der Waals surface area (Å²) in [4.78, 5) is 31.6. The number of benzene rings is 2. The van der Waals surface area contributed by atoms with Crippen molar-refractivity contribution in [3.63, 3.8) is 0 Å². The van der Waals surface area contributed by atoms with Crippen LogP contribution in [0.15, 0.2) is 36.4 Å². The zero-order chi connectivity index (χ0) is 29.6. The van der Waals surface area contributed by atoms with E-state index in [4.69, 9.17) is 27.9 Å². The molecule has 2 saturated heterocycles. The Balaban J connectivity index is 1.47. The standard InChI is InChI=1S/C28H34Cl2F3N5O3/c1-41-15-9-34-7-6-20-16-21(28(31,32)33)3-5-24(20)36-11-13-37(14-12-36)26(39)25(38-10-8-35-27(38)40)17-19-2-4-22(29)18-23(19)30/h2-5,16,18,25,34H,6-15,17H2,1H3,(H,35,40). The molecule has 224 valence electrons. The van der Waals surface area contributed by atoms with Crippen LogP contribution in [0.5, 0.6) is 0 Å². The number of nitrogens with one attached hydrogen (secondary N) is 2.